The van der Waals surface area contributed by atoms with Crippen LogP contribution in [0.5, 0.6) is 0 Å². The smallest absolute Gasteiger partial charge is 0.0656 e. The summed E-state index contributed by atoms with van der Waals surface area (Å²) >= 11 is 0. The van der Waals surface area contributed by atoms with Gasteiger partial charge in [0.1, 0.15) is 0 Å². The van der Waals surface area contributed by atoms with Gasteiger partial charge in [-0.05, 0) is 68.6 Å². The summed E-state index contributed by atoms with van der Waals surface area (Å²) in [5.41, 5.74) is 9.50. The zero-order valence-electron chi connectivity index (χ0n) is 40.5. The molecule has 1 aliphatic rings. The Kier molecular flexibility index (Phi) is 12.4. The Balaban J connectivity index is 2.62. The van der Waals surface area contributed by atoms with Gasteiger partial charge in [0.25, 0.3) is 0 Å². The molecular formula is C48H82Si7. The molecule has 7 heteroatoms. The molecule has 0 fully saturated rings. The SMILES string of the molecule is CC1=C(C)C(C)C([Si](c2cc([Si](C)(C)C)c(C)c([Si](C)(C)C)c2)(c2cc([Si](C)(C)C)c(C)c([Si](C)(C)C)c2)c2cc([Si](C)(C)C)c(C)c([Si](C)(C)C)c2)=C1C. The van der Waals surface area contributed by atoms with Crippen molar-refractivity contribution in [2.75, 3.05) is 0 Å². The number of benzene rings is 3. The second kappa shape index (κ2) is 14.7. The number of hydrogen-bond acceptors (Lipinski definition) is 0. The van der Waals surface area contributed by atoms with Crippen molar-refractivity contribution in [2.45, 2.75) is 166 Å². The molecule has 0 nitrogen and oxygen atoms in total. The molecule has 4 rings (SSSR count). The molecule has 1 atom stereocenters. The maximum Gasteiger partial charge on any atom is 0.176 e. The minimum atomic E-state index is -2.96. The fraction of sp³-hybridized carbons (Fsp3) is 0.542. The standard InChI is InChI=1S/C48H82Si7/c1-32-33(2)35(4)48(34(32)3)55(39-26-42(49(8,9)10)36(5)43(27-39)50(11,12)13,40-28-44(51(14,15)16)37(6)45(29-40)52(17,18)19)41-30-46(53(20,21)22)38(7)47(31-41)54(23,24)25/h26-31,34H,1-25H3. The van der Waals surface area contributed by atoms with E-state index in [1.807, 2.05) is 0 Å². The third kappa shape index (κ3) is 8.42. The van der Waals surface area contributed by atoms with E-state index in [0.717, 1.165) is 0 Å². The molecule has 0 aromatic heterocycles. The lowest BCUT2D eigenvalue weighted by molar-refractivity contribution is 0.851. The lowest BCUT2D eigenvalue weighted by atomic mass is 10.1. The van der Waals surface area contributed by atoms with E-state index in [-0.39, 0.29) is 0 Å². The molecule has 1 unspecified atom stereocenters. The zero-order chi connectivity index (χ0) is 42.6. The van der Waals surface area contributed by atoms with Crippen molar-refractivity contribution in [3.05, 3.63) is 75.0 Å². The molecule has 0 heterocycles. The third-order valence-electron chi connectivity index (χ3n) is 13.4. The first-order chi connectivity index (χ1) is 24.5. The van der Waals surface area contributed by atoms with Crippen LogP contribution in [-0.4, -0.2) is 56.5 Å². The van der Waals surface area contributed by atoms with Gasteiger partial charge in [-0.1, -0.05) is 225 Å². The third-order valence-corrected chi connectivity index (χ3v) is 31.3. The molecule has 3 aromatic carbocycles. The van der Waals surface area contributed by atoms with Gasteiger partial charge in [-0.2, -0.15) is 0 Å². The molecule has 3 aromatic rings. The lowest BCUT2D eigenvalue weighted by Gasteiger charge is -2.43. The van der Waals surface area contributed by atoms with Crippen molar-refractivity contribution in [2.24, 2.45) is 5.92 Å². The summed E-state index contributed by atoms with van der Waals surface area (Å²) in [7, 11) is -13.4. The van der Waals surface area contributed by atoms with Crippen molar-refractivity contribution in [3.8, 4) is 0 Å². The van der Waals surface area contributed by atoms with Gasteiger partial charge < -0.3 is 0 Å². The van der Waals surface area contributed by atoms with E-state index < -0.39 is 56.5 Å². The molecule has 0 radical (unpaired) electrons. The summed E-state index contributed by atoms with van der Waals surface area (Å²) in [4.78, 5) is 0. The second-order valence-corrected chi connectivity index (χ2v) is 57.9. The Bertz CT molecular complexity index is 1770. The van der Waals surface area contributed by atoms with Gasteiger partial charge >= 0.3 is 0 Å². The summed E-state index contributed by atoms with van der Waals surface area (Å²) in [6.07, 6.45) is 0. The van der Waals surface area contributed by atoms with Gasteiger partial charge in [-0.25, -0.2) is 0 Å². The van der Waals surface area contributed by atoms with Crippen molar-refractivity contribution in [3.63, 3.8) is 0 Å². The van der Waals surface area contributed by atoms with Crippen LogP contribution >= 0.6 is 0 Å². The summed E-state index contributed by atoms with van der Waals surface area (Å²) in [6.45, 7) is 64.3. The number of allylic oxidation sites excluding steroid dienone is 4. The van der Waals surface area contributed by atoms with Crippen LogP contribution in [0.2, 0.25) is 118 Å². The minimum Gasteiger partial charge on any atom is -0.0656 e. The molecule has 0 aliphatic heterocycles. The van der Waals surface area contributed by atoms with E-state index in [1.54, 1.807) is 79.7 Å². The molecule has 0 spiro atoms. The van der Waals surface area contributed by atoms with Crippen LogP contribution in [0.1, 0.15) is 44.4 Å². The Morgan fingerprint density at radius 3 is 0.673 bits per heavy atom. The Labute approximate surface area is 348 Å². The predicted octanol–water partition coefficient (Wildman–Crippen LogP) is 9.20. The highest BCUT2D eigenvalue weighted by Crippen LogP contribution is 2.41. The molecule has 302 valence electrons. The predicted molar refractivity (Wildman–Crippen MR) is 276 cm³/mol. The van der Waals surface area contributed by atoms with Gasteiger partial charge in [0.05, 0.1) is 48.4 Å². The summed E-state index contributed by atoms with van der Waals surface area (Å²) in [5, 5.41) is 16.9. The van der Waals surface area contributed by atoms with Gasteiger partial charge in [0, 0.05) is 0 Å². The first-order valence-corrected chi connectivity index (χ1v) is 44.4. The lowest BCUT2D eigenvalue weighted by Crippen LogP contribution is -2.74. The van der Waals surface area contributed by atoms with Crippen molar-refractivity contribution in [1.29, 1.82) is 0 Å². The number of hydrogen-bond donors (Lipinski definition) is 0. The zero-order valence-corrected chi connectivity index (χ0v) is 47.5. The average molecular weight is 856 g/mol. The molecule has 1 aliphatic carbocycles. The van der Waals surface area contributed by atoms with Crippen LogP contribution in [0.15, 0.2) is 58.3 Å². The van der Waals surface area contributed by atoms with Crippen LogP contribution in [0.3, 0.4) is 0 Å². The molecule has 0 saturated heterocycles. The van der Waals surface area contributed by atoms with E-state index in [0.29, 0.717) is 5.92 Å². The highest BCUT2D eigenvalue weighted by atomic mass is 28.3. The maximum atomic E-state index is 2.85. The monoisotopic (exact) mass is 854 g/mol. The van der Waals surface area contributed by atoms with Crippen LogP contribution in [0.4, 0.5) is 0 Å². The van der Waals surface area contributed by atoms with Crippen LogP contribution in [-0.2, 0) is 0 Å². The normalized spacial score (nSPS) is 16.9. The fourth-order valence-corrected chi connectivity index (χ4v) is 28.4. The largest absolute Gasteiger partial charge is 0.176 e. The van der Waals surface area contributed by atoms with Gasteiger partial charge in [-0.15, -0.1) is 0 Å². The number of rotatable bonds is 10. The molecular weight excluding hydrogens is 773 g/mol. The quantitative estimate of drug-likeness (QED) is 0.141. The Morgan fingerprint density at radius 1 is 0.327 bits per heavy atom. The molecule has 0 bridgehead atoms. The van der Waals surface area contributed by atoms with Gasteiger partial charge in [-0.3, -0.25) is 0 Å². The minimum absolute atomic E-state index is 0.401. The van der Waals surface area contributed by atoms with E-state index >= 15 is 0 Å². The van der Waals surface area contributed by atoms with Crippen molar-refractivity contribution in [1.82, 2.24) is 0 Å². The van der Waals surface area contributed by atoms with E-state index in [4.69, 9.17) is 0 Å². The fourth-order valence-electron chi connectivity index (χ4n) is 10.4. The average Bonchev–Trinajstić information content (AvgIpc) is 3.17. The Hall–Kier alpha value is -1.34. The van der Waals surface area contributed by atoms with Crippen LogP contribution in [0, 0.1) is 26.7 Å². The van der Waals surface area contributed by atoms with E-state index in [1.165, 1.54) is 5.57 Å². The molecule has 0 saturated carbocycles. The first kappa shape index (κ1) is 46.3. The summed E-state index contributed by atoms with van der Waals surface area (Å²) in [6, 6.07) is 17.1. The summed E-state index contributed by atoms with van der Waals surface area (Å²) < 4.78 is 0. The first-order valence-electron chi connectivity index (χ1n) is 21.4. The maximum absolute atomic E-state index is 2.96. The van der Waals surface area contributed by atoms with Gasteiger partial charge in [0.15, 0.2) is 8.07 Å². The topological polar surface area (TPSA) is 0 Å². The van der Waals surface area contributed by atoms with E-state index in [9.17, 15) is 0 Å². The highest BCUT2D eigenvalue weighted by molar-refractivity contribution is 7.17. The Morgan fingerprint density at radius 2 is 0.527 bits per heavy atom. The van der Waals surface area contributed by atoms with Crippen LogP contribution < -0.4 is 46.7 Å². The second-order valence-electron chi connectivity index (χ2n) is 23.9. The van der Waals surface area contributed by atoms with Crippen LogP contribution in [0.25, 0.3) is 0 Å². The van der Waals surface area contributed by atoms with Gasteiger partial charge in [0.2, 0.25) is 0 Å². The van der Waals surface area contributed by atoms with Crippen molar-refractivity contribution >= 4 is 103 Å². The molecule has 0 N–H and O–H groups in total. The highest BCUT2D eigenvalue weighted by Gasteiger charge is 2.51. The summed E-state index contributed by atoms with van der Waals surface area (Å²) in [5.74, 6) is 0.401. The molecule has 0 amide bonds. The van der Waals surface area contributed by atoms with Crippen molar-refractivity contribution < 1.29 is 0 Å². The molecule has 55 heavy (non-hydrogen) atoms. The van der Waals surface area contributed by atoms with E-state index in [2.05, 4.69) is 203 Å².